The Hall–Kier alpha value is -4.20. The molecular weight excluding hydrogens is 760 g/mol. The van der Waals surface area contributed by atoms with Gasteiger partial charge in [0.2, 0.25) is 5.91 Å². The predicted molar refractivity (Wildman–Crippen MR) is 223 cm³/mol. The summed E-state index contributed by atoms with van der Waals surface area (Å²) in [5, 5.41) is 51.8. The van der Waals surface area contributed by atoms with E-state index in [1.165, 1.54) is 13.2 Å². The molecule has 316 valence electrons. The molecule has 2 saturated heterocycles. The Labute approximate surface area is 347 Å². The van der Waals surface area contributed by atoms with Crippen molar-refractivity contribution in [1.29, 1.82) is 0 Å². The fourth-order valence-electron chi connectivity index (χ4n) is 8.72. The maximum atomic E-state index is 14.1. The molecule has 0 saturated carbocycles. The van der Waals surface area contributed by atoms with Crippen LogP contribution in [-0.2, 0) is 16.0 Å². The average molecular weight is 821 g/mol. The Balaban J connectivity index is 1.30. The highest BCUT2D eigenvalue weighted by Crippen LogP contribution is 2.48. The Bertz CT molecular complexity index is 1950. The molecule has 0 spiro atoms. The summed E-state index contributed by atoms with van der Waals surface area (Å²) in [6, 6.07) is 16.6. The molecule has 3 aromatic rings. The first-order valence-corrected chi connectivity index (χ1v) is 20.4. The number of carbonyl (C=O) groups excluding carboxylic acids is 3. The lowest BCUT2D eigenvalue weighted by molar-refractivity contribution is -0.161. The number of methoxy groups -OCH3 is 1. The van der Waals surface area contributed by atoms with E-state index in [2.05, 4.69) is 10.6 Å². The van der Waals surface area contributed by atoms with Gasteiger partial charge in [0.15, 0.2) is 0 Å². The van der Waals surface area contributed by atoms with Crippen LogP contribution in [0, 0.1) is 22.7 Å². The minimum Gasteiger partial charge on any atom is -0.508 e. The molecule has 2 aliphatic heterocycles. The van der Waals surface area contributed by atoms with E-state index in [0.717, 1.165) is 5.56 Å². The second-order valence-corrected chi connectivity index (χ2v) is 18.4. The zero-order valence-electron chi connectivity index (χ0n) is 35.2. The smallest absolute Gasteiger partial charge is 0.255 e. The molecule has 12 nitrogen and oxygen atoms in total. The maximum absolute atomic E-state index is 14.1. The molecule has 3 unspecified atom stereocenters. The maximum Gasteiger partial charge on any atom is 0.255 e. The number of likely N-dealkylation sites (tertiary alicyclic amines) is 2. The van der Waals surface area contributed by atoms with Crippen molar-refractivity contribution >= 4 is 29.3 Å². The number of nitrogens with one attached hydrogen (secondary N) is 2. The third kappa shape index (κ3) is 8.72. The number of phenolic OH excluding ortho intramolecular Hbond substituents is 1. The Morgan fingerprint density at radius 2 is 1.24 bits per heavy atom. The molecule has 0 bridgehead atoms. The van der Waals surface area contributed by atoms with Crippen molar-refractivity contribution < 1.29 is 39.5 Å². The van der Waals surface area contributed by atoms with Crippen LogP contribution in [0.2, 0.25) is 5.02 Å². The number of amides is 3. The van der Waals surface area contributed by atoms with Crippen molar-refractivity contribution in [3.8, 4) is 11.5 Å². The van der Waals surface area contributed by atoms with Crippen LogP contribution < -0.4 is 15.4 Å². The van der Waals surface area contributed by atoms with Gasteiger partial charge >= 0.3 is 0 Å². The Morgan fingerprint density at radius 3 is 1.72 bits per heavy atom. The summed E-state index contributed by atoms with van der Waals surface area (Å²) in [6.45, 7) is 16.3. The van der Waals surface area contributed by atoms with E-state index < -0.39 is 52.2 Å². The van der Waals surface area contributed by atoms with Gasteiger partial charge in [-0.15, -0.1) is 0 Å². The number of para-hydroxylation sites is 1. The number of hydrogen-bond acceptors (Lipinski definition) is 9. The van der Waals surface area contributed by atoms with E-state index in [-0.39, 0.29) is 53.5 Å². The summed E-state index contributed by atoms with van der Waals surface area (Å²) in [5.41, 5.74) is -2.30. The van der Waals surface area contributed by atoms with Gasteiger partial charge in [-0.25, -0.2) is 0 Å². The van der Waals surface area contributed by atoms with Crippen LogP contribution in [-0.4, -0.2) is 99.5 Å². The molecule has 5 rings (SSSR count). The normalized spacial score (nSPS) is 23.5. The number of hydrogen-bond donors (Lipinski definition) is 6. The topological polar surface area (TPSA) is 172 Å². The second kappa shape index (κ2) is 17.2. The lowest BCUT2D eigenvalue weighted by atomic mass is 9.66. The van der Waals surface area contributed by atoms with Crippen molar-refractivity contribution in [2.45, 2.75) is 97.7 Å². The van der Waals surface area contributed by atoms with Gasteiger partial charge in [0, 0.05) is 42.0 Å². The number of carbonyl (C=O) groups is 3. The van der Waals surface area contributed by atoms with Crippen LogP contribution in [0.1, 0.15) is 100 Å². The van der Waals surface area contributed by atoms with Crippen LogP contribution in [0.5, 0.6) is 11.5 Å². The number of aliphatic hydroxyl groups excluding tert-OH is 1. The number of rotatable bonds is 12. The minimum atomic E-state index is -1.21. The van der Waals surface area contributed by atoms with E-state index in [1.54, 1.807) is 53.4 Å². The van der Waals surface area contributed by atoms with Crippen molar-refractivity contribution in [3.63, 3.8) is 0 Å². The molecule has 0 radical (unpaired) electrons. The molecule has 0 aliphatic carbocycles. The number of aromatic hydroxyl groups is 1. The van der Waals surface area contributed by atoms with Crippen LogP contribution in [0.4, 0.5) is 0 Å². The molecule has 5 atom stereocenters. The van der Waals surface area contributed by atoms with E-state index in [0.29, 0.717) is 36.5 Å². The van der Waals surface area contributed by atoms with Gasteiger partial charge in [0.25, 0.3) is 11.8 Å². The lowest BCUT2D eigenvalue weighted by Crippen LogP contribution is -2.62. The highest BCUT2D eigenvalue weighted by Gasteiger charge is 2.52. The molecular formula is C45H61ClN4O8. The van der Waals surface area contributed by atoms with Gasteiger partial charge < -0.3 is 40.7 Å². The summed E-state index contributed by atoms with van der Waals surface area (Å²) in [7, 11) is 1.37. The average Bonchev–Trinajstić information content (AvgIpc) is 3.17. The van der Waals surface area contributed by atoms with Gasteiger partial charge in [0.05, 0.1) is 35.5 Å². The van der Waals surface area contributed by atoms with Crippen LogP contribution in [0.3, 0.4) is 0 Å². The highest BCUT2D eigenvalue weighted by molar-refractivity contribution is 6.30. The summed E-state index contributed by atoms with van der Waals surface area (Å²) in [4.78, 5) is 45.7. The van der Waals surface area contributed by atoms with Crippen LogP contribution in [0.15, 0.2) is 66.7 Å². The highest BCUT2D eigenvalue weighted by atomic mass is 35.5. The molecule has 0 aromatic heterocycles. The molecule has 2 heterocycles. The summed E-state index contributed by atoms with van der Waals surface area (Å²) in [5.74, 6) is -1.80. The largest absolute Gasteiger partial charge is 0.508 e. The Kier molecular flexibility index (Phi) is 13.3. The second-order valence-electron chi connectivity index (χ2n) is 18.0. The van der Waals surface area contributed by atoms with Crippen LogP contribution in [0.25, 0.3) is 0 Å². The van der Waals surface area contributed by atoms with Gasteiger partial charge in [0.1, 0.15) is 23.8 Å². The van der Waals surface area contributed by atoms with E-state index in [4.69, 9.17) is 16.3 Å². The standard InChI is InChI=1S/C45H61ClN4O8/c1-27(2)35(40(54)49-23-21-44(56,42(5,6)25-49)29-13-17-31(46)18-14-29)47-38(52)33-11-10-12-34(37(33)58-9)39(53)48-36(28(3)4)41(55)50-24-22-45(57,43(7,8)26-50)30-15-19-32(51)20-16-30/h10-20,27-28,35-36,41,51,55-57H,21-26H2,1-9H3,(H,47,52)(H,48,53)/t35-,36?,41?,44+,45?/m1/s1. The molecule has 3 amide bonds. The van der Waals surface area contributed by atoms with Gasteiger partial charge in [-0.1, -0.05) is 97.3 Å². The van der Waals surface area contributed by atoms with Gasteiger partial charge in [-0.2, -0.15) is 0 Å². The zero-order chi connectivity index (χ0) is 43.0. The number of nitrogens with zero attached hydrogens (tertiary/aromatic N) is 2. The molecule has 3 aromatic carbocycles. The molecule has 6 N–H and O–H groups in total. The minimum absolute atomic E-state index is 0.0228. The number of aliphatic hydroxyl groups is 3. The third-order valence-electron chi connectivity index (χ3n) is 12.5. The number of phenols is 1. The van der Waals surface area contributed by atoms with Gasteiger partial charge in [-0.05, 0) is 72.2 Å². The monoisotopic (exact) mass is 820 g/mol. The van der Waals surface area contributed by atoms with E-state index >= 15 is 0 Å². The van der Waals surface area contributed by atoms with Crippen LogP contribution >= 0.6 is 11.6 Å². The summed E-state index contributed by atoms with van der Waals surface area (Å²) in [6.07, 6.45) is -0.502. The number of benzene rings is 3. The summed E-state index contributed by atoms with van der Waals surface area (Å²) < 4.78 is 5.69. The molecule has 2 fully saturated rings. The van der Waals surface area contributed by atoms with Crippen molar-refractivity contribution in [1.82, 2.24) is 20.4 Å². The fourth-order valence-corrected chi connectivity index (χ4v) is 8.84. The number of halogens is 1. The SMILES string of the molecule is COc1c(C(=O)NC(C(C)C)C(O)N2CCC(O)(c3ccc(O)cc3)C(C)(C)C2)cccc1C(=O)N[C@@H](C(=O)N1CC[C@](O)(c2ccc(Cl)cc2)C(C)(C)C1)C(C)C. The van der Waals surface area contributed by atoms with Crippen molar-refractivity contribution in [2.24, 2.45) is 22.7 Å². The first-order chi connectivity index (χ1) is 27.1. The number of piperidine rings is 2. The van der Waals surface area contributed by atoms with Crippen molar-refractivity contribution in [3.05, 3.63) is 94.0 Å². The number of ether oxygens (including phenoxy) is 1. The summed E-state index contributed by atoms with van der Waals surface area (Å²) >= 11 is 6.11. The van der Waals surface area contributed by atoms with E-state index in [1.807, 2.05) is 72.4 Å². The first kappa shape index (κ1) is 44.9. The lowest BCUT2D eigenvalue weighted by Gasteiger charge is -2.52. The molecule has 2 aliphatic rings. The zero-order valence-corrected chi connectivity index (χ0v) is 35.9. The first-order valence-electron chi connectivity index (χ1n) is 20.1. The third-order valence-corrected chi connectivity index (χ3v) is 12.8. The molecule has 58 heavy (non-hydrogen) atoms. The quantitative estimate of drug-likeness (QED) is 0.135. The van der Waals surface area contributed by atoms with E-state index in [9.17, 15) is 34.8 Å². The predicted octanol–water partition coefficient (Wildman–Crippen LogP) is 5.65. The Morgan fingerprint density at radius 1 is 0.741 bits per heavy atom. The van der Waals surface area contributed by atoms with Crippen molar-refractivity contribution in [2.75, 3.05) is 33.3 Å². The fraction of sp³-hybridized carbons (Fsp3) is 0.533. The molecule has 13 heteroatoms. The van der Waals surface area contributed by atoms with Gasteiger partial charge in [-0.3, -0.25) is 19.3 Å².